The van der Waals surface area contributed by atoms with Crippen LogP contribution in [0.25, 0.3) is 0 Å². The normalized spacial score (nSPS) is 12.8. The third-order valence-electron chi connectivity index (χ3n) is 1.44. The Morgan fingerprint density at radius 1 is 1.75 bits per heavy atom. The fraction of sp³-hybridized carbons (Fsp3) is 0.714. The van der Waals surface area contributed by atoms with Crippen LogP contribution in [0.1, 0.15) is 6.92 Å². The molecule has 4 nitrogen and oxygen atoms in total. The second-order valence-electron chi connectivity index (χ2n) is 2.72. The van der Waals surface area contributed by atoms with E-state index in [-0.39, 0.29) is 0 Å². The van der Waals surface area contributed by atoms with Crippen LogP contribution in [0, 0.1) is 5.92 Å². The summed E-state index contributed by atoms with van der Waals surface area (Å²) in [6.07, 6.45) is 1.73. The first-order valence-electron chi connectivity index (χ1n) is 3.83. The standard InChI is InChI=1S/C7H13N3OS/c1-6(5-11-2)3-8-7-4-9-10-12-7/h4,6,8H,3,5H2,1-2H3. The van der Waals surface area contributed by atoms with Gasteiger partial charge in [-0.3, -0.25) is 0 Å². The lowest BCUT2D eigenvalue weighted by Gasteiger charge is -2.09. The van der Waals surface area contributed by atoms with Gasteiger partial charge in [0.15, 0.2) is 0 Å². The van der Waals surface area contributed by atoms with Gasteiger partial charge in [0.1, 0.15) is 5.00 Å². The van der Waals surface area contributed by atoms with Gasteiger partial charge in [-0.25, -0.2) is 0 Å². The molecule has 12 heavy (non-hydrogen) atoms. The minimum absolute atomic E-state index is 0.511. The molecule has 1 N–H and O–H groups in total. The van der Waals surface area contributed by atoms with Crippen LogP contribution >= 0.6 is 11.5 Å². The zero-order chi connectivity index (χ0) is 8.81. The molecule has 0 amide bonds. The van der Waals surface area contributed by atoms with Crippen LogP contribution in [-0.2, 0) is 4.74 Å². The Hall–Kier alpha value is -0.680. The van der Waals surface area contributed by atoms with Crippen molar-refractivity contribution in [3.8, 4) is 0 Å². The van der Waals surface area contributed by atoms with Crippen LogP contribution in [0.5, 0.6) is 0 Å². The van der Waals surface area contributed by atoms with Crippen LogP contribution < -0.4 is 5.32 Å². The number of rotatable bonds is 5. The van der Waals surface area contributed by atoms with E-state index in [9.17, 15) is 0 Å². The highest BCUT2D eigenvalue weighted by Crippen LogP contribution is 2.09. The largest absolute Gasteiger partial charge is 0.384 e. The first-order chi connectivity index (χ1) is 5.83. The number of hydrogen-bond donors (Lipinski definition) is 1. The molecule has 0 saturated carbocycles. The summed E-state index contributed by atoms with van der Waals surface area (Å²) in [5.41, 5.74) is 0. The third-order valence-corrected chi connectivity index (χ3v) is 2.06. The SMILES string of the molecule is COCC(C)CNc1cnns1. The summed E-state index contributed by atoms with van der Waals surface area (Å²) in [4.78, 5) is 0. The van der Waals surface area contributed by atoms with E-state index in [1.165, 1.54) is 11.5 Å². The second-order valence-corrected chi connectivity index (χ2v) is 3.51. The van der Waals surface area contributed by atoms with Crippen molar-refractivity contribution in [1.82, 2.24) is 9.59 Å². The fourth-order valence-electron chi connectivity index (χ4n) is 0.863. The van der Waals surface area contributed by atoms with Crippen molar-refractivity contribution < 1.29 is 4.74 Å². The van der Waals surface area contributed by atoms with Gasteiger partial charge in [-0.2, -0.15) is 0 Å². The van der Waals surface area contributed by atoms with Crippen LogP contribution in [0.4, 0.5) is 5.00 Å². The molecule has 0 spiro atoms. The Kier molecular flexibility index (Phi) is 3.96. The summed E-state index contributed by atoms with van der Waals surface area (Å²) < 4.78 is 8.75. The molecule has 0 aromatic carbocycles. The second kappa shape index (κ2) is 5.05. The van der Waals surface area contributed by atoms with Gasteiger partial charge < -0.3 is 10.1 Å². The first kappa shape index (κ1) is 9.41. The first-order valence-corrected chi connectivity index (χ1v) is 4.60. The molecule has 68 valence electrons. The fourth-order valence-corrected chi connectivity index (χ4v) is 1.29. The lowest BCUT2D eigenvalue weighted by atomic mass is 10.2. The molecule has 1 atom stereocenters. The molecule has 5 heteroatoms. The average Bonchev–Trinajstić information content (AvgIpc) is 2.53. The molecule has 0 aliphatic heterocycles. The van der Waals surface area contributed by atoms with Crippen molar-refractivity contribution in [3.63, 3.8) is 0 Å². The topological polar surface area (TPSA) is 47.0 Å². The molecule has 0 saturated heterocycles. The van der Waals surface area contributed by atoms with E-state index >= 15 is 0 Å². The van der Waals surface area contributed by atoms with Crippen molar-refractivity contribution in [1.29, 1.82) is 0 Å². The number of nitrogens with zero attached hydrogens (tertiary/aromatic N) is 2. The molecule has 0 radical (unpaired) electrons. The van der Waals surface area contributed by atoms with Crippen LogP contribution in [0.2, 0.25) is 0 Å². The van der Waals surface area contributed by atoms with Crippen molar-refractivity contribution in [2.45, 2.75) is 6.92 Å². The lowest BCUT2D eigenvalue weighted by molar-refractivity contribution is 0.164. The number of anilines is 1. The Morgan fingerprint density at radius 2 is 2.58 bits per heavy atom. The predicted octanol–water partition coefficient (Wildman–Crippen LogP) is 1.23. The maximum Gasteiger partial charge on any atom is 0.130 e. The van der Waals surface area contributed by atoms with E-state index in [0.29, 0.717) is 5.92 Å². The van der Waals surface area contributed by atoms with Crippen molar-refractivity contribution in [2.75, 3.05) is 25.6 Å². The number of methoxy groups -OCH3 is 1. The minimum Gasteiger partial charge on any atom is -0.384 e. The molecule has 1 aromatic rings. The highest BCUT2D eigenvalue weighted by Gasteiger charge is 2.01. The van der Waals surface area contributed by atoms with Crippen LogP contribution in [0.3, 0.4) is 0 Å². The molecular formula is C7H13N3OS. The molecule has 0 fully saturated rings. The van der Waals surface area contributed by atoms with Gasteiger partial charge in [0.25, 0.3) is 0 Å². The monoisotopic (exact) mass is 187 g/mol. The molecule has 0 aliphatic rings. The zero-order valence-corrected chi connectivity index (χ0v) is 8.10. The van der Waals surface area contributed by atoms with Gasteiger partial charge in [0.2, 0.25) is 0 Å². The maximum absolute atomic E-state index is 5.01. The average molecular weight is 187 g/mol. The van der Waals surface area contributed by atoms with Crippen molar-refractivity contribution >= 4 is 16.5 Å². The molecule has 1 heterocycles. The van der Waals surface area contributed by atoms with Gasteiger partial charge in [0, 0.05) is 25.2 Å². The van der Waals surface area contributed by atoms with E-state index in [0.717, 1.165) is 18.2 Å². The third kappa shape index (κ3) is 3.15. The number of hydrogen-bond acceptors (Lipinski definition) is 5. The Labute approximate surface area is 76.1 Å². The van der Waals surface area contributed by atoms with E-state index in [1.807, 2.05) is 0 Å². The molecule has 0 bridgehead atoms. The van der Waals surface area contributed by atoms with Crippen molar-refractivity contribution in [2.24, 2.45) is 5.92 Å². The summed E-state index contributed by atoms with van der Waals surface area (Å²) in [5, 5.41) is 7.96. The predicted molar refractivity (Wildman–Crippen MR) is 49.4 cm³/mol. The number of ether oxygens (including phenoxy) is 1. The van der Waals surface area contributed by atoms with Crippen LogP contribution in [-0.4, -0.2) is 29.8 Å². The van der Waals surface area contributed by atoms with Crippen molar-refractivity contribution in [3.05, 3.63) is 6.20 Å². The Morgan fingerprint density at radius 3 is 3.17 bits per heavy atom. The van der Waals surface area contributed by atoms with E-state index < -0.39 is 0 Å². The molecule has 1 aromatic heterocycles. The molecule has 0 aliphatic carbocycles. The van der Waals surface area contributed by atoms with Gasteiger partial charge in [-0.05, 0) is 5.92 Å². The van der Waals surface area contributed by atoms with Gasteiger partial charge in [-0.1, -0.05) is 11.4 Å². The maximum atomic E-state index is 5.01. The van der Waals surface area contributed by atoms with E-state index in [2.05, 4.69) is 21.8 Å². The zero-order valence-electron chi connectivity index (χ0n) is 7.28. The van der Waals surface area contributed by atoms with Crippen LogP contribution in [0.15, 0.2) is 6.20 Å². The molecule has 1 unspecified atom stereocenters. The van der Waals surface area contributed by atoms with Gasteiger partial charge in [0.05, 0.1) is 12.8 Å². The molecular weight excluding hydrogens is 174 g/mol. The lowest BCUT2D eigenvalue weighted by Crippen LogP contribution is -2.15. The van der Waals surface area contributed by atoms with Gasteiger partial charge >= 0.3 is 0 Å². The highest BCUT2D eigenvalue weighted by atomic mass is 32.1. The number of nitrogens with one attached hydrogen (secondary N) is 1. The summed E-state index contributed by atoms with van der Waals surface area (Å²) in [6.45, 7) is 3.81. The van der Waals surface area contributed by atoms with E-state index in [1.54, 1.807) is 13.3 Å². The quantitative estimate of drug-likeness (QED) is 0.753. The van der Waals surface area contributed by atoms with Gasteiger partial charge in [-0.15, -0.1) is 5.10 Å². The smallest absolute Gasteiger partial charge is 0.130 e. The summed E-state index contributed by atoms with van der Waals surface area (Å²) in [7, 11) is 1.71. The summed E-state index contributed by atoms with van der Waals surface area (Å²) >= 11 is 1.37. The minimum atomic E-state index is 0.511. The van der Waals surface area contributed by atoms with E-state index in [4.69, 9.17) is 4.74 Å². The number of aromatic nitrogens is 2. The molecule has 1 rings (SSSR count). The highest BCUT2D eigenvalue weighted by molar-refractivity contribution is 7.09. The summed E-state index contributed by atoms with van der Waals surface area (Å²) in [5.74, 6) is 0.511. The summed E-state index contributed by atoms with van der Waals surface area (Å²) in [6, 6.07) is 0. The Balaban J connectivity index is 2.17. The Bertz CT molecular complexity index is 202.